The van der Waals surface area contributed by atoms with Gasteiger partial charge in [0.05, 0.1) is 10.6 Å². The normalized spacial score (nSPS) is 12.5. The van der Waals surface area contributed by atoms with Crippen LogP contribution in [0.5, 0.6) is 11.5 Å². The third-order valence-corrected chi connectivity index (χ3v) is 4.52. The lowest BCUT2D eigenvalue weighted by Gasteiger charge is -2.15. The van der Waals surface area contributed by atoms with E-state index in [4.69, 9.17) is 0 Å². The van der Waals surface area contributed by atoms with Crippen LogP contribution in [-0.2, 0) is 10.0 Å². The van der Waals surface area contributed by atoms with Crippen LogP contribution >= 0.6 is 0 Å². The number of rotatable bonds is 7. The van der Waals surface area contributed by atoms with E-state index in [0.29, 0.717) is 24.3 Å². The van der Waals surface area contributed by atoms with Crippen molar-refractivity contribution < 1.29 is 53.0 Å². The maximum absolute atomic E-state index is 13.3. The first kappa shape index (κ1) is 23.5. The van der Waals surface area contributed by atoms with Crippen molar-refractivity contribution in [2.75, 3.05) is 17.9 Å². The van der Waals surface area contributed by atoms with E-state index < -0.39 is 69.3 Å². The van der Waals surface area contributed by atoms with Gasteiger partial charge >= 0.3 is 12.4 Å². The molecule has 0 radical (unpaired) electrons. The second-order valence-corrected chi connectivity index (χ2v) is 7.36. The number of alkyl halides is 6. The SMILES string of the molecule is O=S(=O)(Nc1cc(OCC(F)(F)F)cc(OCC(F)(F)F)c1)c1ccc(F)c(F)c1. The molecule has 1 N–H and O–H groups in total. The van der Waals surface area contributed by atoms with E-state index in [9.17, 15) is 43.5 Å². The highest BCUT2D eigenvalue weighted by atomic mass is 32.2. The van der Waals surface area contributed by atoms with Gasteiger partial charge in [-0.25, -0.2) is 17.2 Å². The molecule has 0 spiro atoms. The third kappa shape index (κ3) is 7.24. The molecule has 0 aromatic heterocycles. The summed E-state index contributed by atoms with van der Waals surface area (Å²) in [5, 5.41) is 0. The van der Waals surface area contributed by atoms with Crippen LogP contribution in [-0.4, -0.2) is 34.0 Å². The second kappa shape index (κ2) is 8.53. The number of ether oxygens (including phenoxy) is 2. The average Bonchev–Trinajstić information content (AvgIpc) is 2.59. The molecule has 2 aromatic rings. The first-order valence-corrected chi connectivity index (χ1v) is 9.15. The Kier molecular flexibility index (Phi) is 6.69. The van der Waals surface area contributed by atoms with E-state index >= 15 is 0 Å². The minimum Gasteiger partial charge on any atom is -0.484 e. The summed E-state index contributed by atoms with van der Waals surface area (Å²) < 4.78 is 135. The van der Waals surface area contributed by atoms with Gasteiger partial charge in [0, 0.05) is 18.2 Å². The zero-order valence-electron chi connectivity index (χ0n) is 14.4. The van der Waals surface area contributed by atoms with Crippen LogP contribution in [0.25, 0.3) is 0 Å². The summed E-state index contributed by atoms with van der Waals surface area (Å²) in [7, 11) is -4.59. The largest absolute Gasteiger partial charge is 0.484 e. The predicted molar refractivity (Wildman–Crippen MR) is 86.7 cm³/mol. The quantitative estimate of drug-likeness (QED) is 0.605. The topological polar surface area (TPSA) is 64.6 Å². The van der Waals surface area contributed by atoms with Gasteiger partial charge in [0.25, 0.3) is 10.0 Å². The van der Waals surface area contributed by atoms with Gasteiger partial charge in [-0.1, -0.05) is 0 Å². The summed E-state index contributed by atoms with van der Waals surface area (Å²) in [6.07, 6.45) is -9.57. The van der Waals surface area contributed by atoms with Gasteiger partial charge in [-0.15, -0.1) is 0 Å². The van der Waals surface area contributed by atoms with Crippen molar-refractivity contribution in [3.63, 3.8) is 0 Å². The molecule has 0 amide bonds. The highest BCUT2D eigenvalue weighted by molar-refractivity contribution is 7.92. The van der Waals surface area contributed by atoms with Crippen molar-refractivity contribution in [3.8, 4) is 11.5 Å². The highest BCUT2D eigenvalue weighted by Crippen LogP contribution is 2.30. The summed E-state index contributed by atoms with van der Waals surface area (Å²) in [6.45, 7) is -3.63. The Morgan fingerprint density at radius 1 is 0.767 bits per heavy atom. The Morgan fingerprint density at radius 2 is 1.27 bits per heavy atom. The van der Waals surface area contributed by atoms with E-state index in [1.807, 2.05) is 4.72 Å². The van der Waals surface area contributed by atoms with Crippen LogP contribution in [0.15, 0.2) is 41.3 Å². The van der Waals surface area contributed by atoms with Gasteiger partial charge in [0.15, 0.2) is 24.8 Å². The van der Waals surface area contributed by atoms with Crippen LogP contribution in [0.4, 0.5) is 40.8 Å². The van der Waals surface area contributed by atoms with E-state index in [2.05, 4.69) is 9.47 Å². The number of benzene rings is 2. The Hall–Kier alpha value is -2.77. The fourth-order valence-corrected chi connectivity index (χ4v) is 3.04. The van der Waals surface area contributed by atoms with Gasteiger partial charge in [0.2, 0.25) is 0 Å². The molecule has 0 aliphatic carbocycles. The Morgan fingerprint density at radius 3 is 1.70 bits per heavy atom. The molecule has 2 aromatic carbocycles. The van der Waals surface area contributed by atoms with Crippen LogP contribution in [0.3, 0.4) is 0 Å². The smallest absolute Gasteiger partial charge is 0.422 e. The lowest BCUT2D eigenvalue weighted by molar-refractivity contribution is -0.153. The summed E-state index contributed by atoms with van der Waals surface area (Å²) in [5.74, 6) is -4.14. The standard InChI is InChI=1S/C16H11F8NO4S/c17-13-2-1-12(6-14(13)18)30(26,27)25-9-3-10(28-7-15(19,20)21)5-11(4-9)29-8-16(22,23)24/h1-6,25H,7-8H2. The molecule has 0 fully saturated rings. The molecule has 0 aliphatic rings. The zero-order chi connectivity index (χ0) is 22.7. The van der Waals surface area contributed by atoms with Crippen molar-refractivity contribution in [2.45, 2.75) is 17.2 Å². The van der Waals surface area contributed by atoms with Crippen LogP contribution in [0.2, 0.25) is 0 Å². The lowest BCUT2D eigenvalue weighted by atomic mass is 10.3. The molecular formula is C16H11F8NO4S. The summed E-state index contributed by atoms with van der Waals surface area (Å²) >= 11 is 0. The van der Waals surface area contributed by atoms with Crippen molar-refractivity contribution in [1.29, 1.82) is 0 Å². The number of hydrogen-bond donors (Lipinski definition) is 1. The first-order chi connectivity index (χ1) is 13.6. The first-order valence-electron chi connectivity index (χ1n) is 7.67. The van der Waals surface area contributed by atoms with Crippen LogP contribution in [0, 0.1) is 11.6 Å². The molecule has 0 unspecified atom stereocenters. The van der Waals surface area contributed by atoms with E-state index in [0.717, 1.165) is 12.1 Å². The molecule has 0 atom stereocenters. The minimum absolute atomic E-state index is 0.336. The number of nitrogens with one attached hydrogen (secondary N) is 1. The number of sulfonamides is 1. The molecule has 0 heterocycles. The Labute approximate surface area is 164 Å². The monoisotopic (exact) mass is 465 g/mol. The van der Waals surface area contributed by atoms with Crippen LogP contribution < -0.4 is 14.2 Å². The Bertz CT molecular complexity index is 969. The van der Waals surface area contributed by atoms with Crippen molar-refractivity contribution in [3.05, 3.63) is 48.0 Å². The van der Waals surface area contributed by atoms with Crippen molar-refractivity contribution in [2.24, 2.45) is 0 Å². The molecular weight excluding hydrogens is 454 g/mol. The molecule has 0 saturated heterocycles. The zero-order valence-corrected chi connectivity index (χ0v) is 15.3. The predicted octanol–water partition coefficient (Wildman–Crippen LogP) is 4.65. The molecule has 5 nitrogen and oxygen atoms in total. The summed E-state index contributed by atoms with van der Waals surface area (Å²) in [6, 6.07) is 3.72. The van der Waals surface area contributed by atoms with Gasteiger partial charge < -0.3 is 9.47 Å². The molecule has 0 saturated carbocycles. The minimum atomic E-state index is -4.78. The van der Waals surface area contributed by atoms with Gasteiger partial charge in [-0.2, -0.15) is 26.3 Å². The van der Waals surface area contributed by atoms with Gasteiger partial charge in [-0.05, 0) is 18.2 Å². The third-order valence-electron chi connectivity index (χ3n) is 3.14. The van der Waals surface area contributed by atoms with E-state index in [1.54, 1.807) is 0 Å². The maximum Gasteiger partial charge on any atom is 0.422 e. The van der Waals surface area contributed by atoms with Gasteiger partial charge in [0.1, 0.15) is 11.5 Å². The Balaban J connectivity index is 2.34. The molecule has 14 heteroatoms. The molecule has 0 aliphatic heterocycles. The van der Waals surface area contributed by atoms with Crippen LogP contribution in [0.1, 0.15) is 0 Å². The highest BCUT2D eigenvalue weighted by Gasteiger charge is 2.30. The maximum atomic E-state index is 13.3. The molecule has 166 valence electrons. The van der Waals surface area contributed by atoms with Gasteiger partial charge in [-0.3, -0.25) is 4.72 Å². The fourth-order valence-electron chi connectivity index (χ4n) is 1.99. The second-order valence-electron chi connectivity index (χ2n) is 5.68. The average molecular weight is 465 g/mol. The number of anilines is 1. The molecule has 0 bridgehead atoms. The van der Waals surface area contributed by atoms with E-state index in [-0.39, 0.29) is 0 Å². The molecule has 30 heavy (non-hydrogen) atoms. The number of halogens is 8. The molecule has 2 rings (SSSR count). The lowest BCUT2D eigenvalue weighted by Crippen LogP contribution is -2.20. The fraction of sp³-hybridized carbons (Fsp3) is 0.250. The summed E-state index contributed by atoms with van der Waals surface area (Å²) in [4.78, 5) is -0.749. The van der Waals surface area contributed by atoms with Crippen molar-refractivity contribution in [1.82, 2.24) is 0 Å². The summed E-state index contributed by atoms with van der Waals surface area (Å²) in [5.41, 5.74) is -0.545. The van der Waals surface area contributed by atoms with E-state index in [1.165, 1.54) is 0 Å². The van der Waals surface area contributed by atoms with Crippen molar-refractivity contribution >= 4 is 15.7 Å². The number of hydrogen-bond acceptors (Lipinski definition) is 4.